The minimum absolute atomic E-state index is 0.0115. The molecule has 1 saturated carbocycles. The first-order chi connectivity index (χ1) is 20.5. The molecule has 0 radical (unpaired) electrons. The number of rotatable bonds is 6. The van der Waals surface area contributed by atoms with Crippen LogP contribution in [0.3, 0.4) is 0 Å². The summed E-state index contributed by atoms with van der Waals surface area (Å²) in [4.78, 5) is 13.8. The van der Waals surface area contributed by atoms with Crippen LogP contribution in [0.4, 0.5) is 0 Å². The van der Waals surface area contributed by atoms with E-state index in [0.29, 0.717) is 47.9 Å². The molecule has 1 aliphatic carbocycles. The topological polar surface area (TPSA) is 161 Å². The van der Waals surface area contributed by atoms with Crippen molar-refractivity contribution < 1.29 is 39.8 Å². The maximum atomic E-state index is 13.8. The molecule has 1 aliphatic heterocycles. The van der Waals surface area contributed by atoms with E-state index in [1.807, 2.05) is 19.9 Å². The molecule has 6 N–H and O–H groups in total. The Kier molecular flexibility index (Phi) is 7.48. The van der Waals surface area contributed by atoms with Gasteiger partial charge in [0.25, 0.3) is 0 Å². The van der Waals surface area contributed by atoms with E-state index in [9.17, 15) is 35.4 Å². The van der Waals surface area contributed by atoms with Gasteiger partial charge in [-0.2, -0.15) is 0 Å². The summed E-state index contributed by atoms with van der Waals surface area (Å²) in [5, 5.41) is 63.8. The summed E-state index contributed by atoms with van der Waals surface area (Å²) in [5.74, 6) is -1.00. The molecule has 4 atom stereocenters. The van der Waals surface area contributed by atoms with Gasteiger partial charge in [0.1, 0.15) is 40.1 Å². The maximum Gasteiger partial charge on any atom is 0.238 e. The summed E-state index contributed by atoms with van der Waals surface area (Å²) in [6.07, 6.45) is 1.02. The highest BCUT2D eigenvalue weighted by Crippen LogP contribution is 2.48. The molecule has 0 spiro atoms. The summed E-state index contributed by atoms with van der Waals surface area (Å²) in [5.41, 5.74) is 1.96. The van der Waals surface area contributed by atoms with Crippen molar-refractivity contribution in [1.82, 2.24) is 0 Å². The van der Waals surface area contributed by atoms with Crippen molar-refractivity contribution >= 4 is 11.0 Å². The van der Waals surface area contributed by atoms with Gasteiger partial charge < -0.3 is 39.8 Å². The Morgan fingerprint density at radius 2 is 1.74 bits per heavy atom. The molecule has 226 valence electrons. The first kappa shape index (κ1) is 28.9. The third-order valence-corrected chi connectivity index (χ3v) is 8.80. The van der Waals surface area contributed by atoms with Gasteiger partial charge in [-0.3, -0.25) is 4.79 Å². The van der Waals surface area contributed by atoms with E-state index >= 15 is 0 Å². The average molecular weight is 589 g/mol. The zero-order chi connectivity index (χ0) is 30.6. The number of phenols is 3. The molecular weight excluding hydrogens is 552 g/mol. The molecule has 2 heterocycles. The van der Waals surface area contributed by atoms with Gasteiger partial charge in [0.15, 0.2) is 5.76 Å². The van der Waals surface area contributed by atoms with E-state index in [2.05, 4.69) is 0 Å². The minimum Gasteiger partial charge on any atom is -0.508 e. The number of hydrogen-bond acceptors (Lipinski definition) is 9. The van der Waals surface area contributed by atoms with Crippen LogP contribution in [0.1, 0.15) is 48.9 Å². The molecule has 9 heteroatoms. The fourth-order valence-corrected chi connectivity index (χ4v) is 6.73. The summed E-state index contributed by atoms with van der Waals surface area (Å²) in [6.45, 7) is 3.73. The molecular formula is C34H36O9. The van der Waals surface area contributed by atoms with Crippen molar-refractivity contribution in [1.29, 1.82) is 0 Å². The van der Waals surface area contributed by atoms with E-state index in [1.54, 1.807) is 30.3 Å². The molecule has 43 heavy (non-hydrogen) atoms. The van der Waals surface area contributed by atoms with Crippen LogP contribution in [0, 0.1) is 17.8 Å². The number of aromatic hydroxyl groups is 4. The third-order valence-electron chi connectivity index (χ3n) is 8.80. The number of hydrogen-bond donors (Lipinski definition) is 6. The first-order valence-corrected chi connectivity index (χ1v) is 14.7. The zero-order valence-electron chi connectivity index (χ0n) is 24.1. The van der Waals surface area contributed by atoms with Crippen molar-refractivity contribution in [2.45, 2.75) is 58.2 Å². The Bertz CT molecular complexity index is 1760. The van der Waals surface area contributed by atoms with Gasteiger partial charge in [0.2, 0.25) is 11.2 Å². The highest BCUT2D eigenvalue weighted by atomic mass is 16.5. The number of aliphatic hydroxyl groups excluding tert-OH is 2. The van der Waals surface area contributed by atoms with Crippen molar-refractivity contribution in [3.05, 3.63) is 74.9 Å². The molecule has 9 nitrogen and oxygen atoms in total. The van der Waals surface area contributed by atoms with Crippen LogP contribution in [-0.2, 0) is 19.3 Å². The minimum atomic E-state index is -0.753. The lowest BCUT2D eigenvalue weighted by atomic mass is 9.73. The van der Waals surface area contributed by atoms with Gasteiger partial charge in [0.05, 0.1) is 12.7 Å². The van der Waals surface area contributed by atoms with E-state index in [-0.39, 0.29) is 64.6 Å². The number of aliphatic hydroxyl groups is 2. The van der Waals surface area contributed by atoms with Crippen LogP contribution < -0.4 is 10.2 Å². The number of fused-ring (bicyclic) bond motifs is 4. The number of benzene rings is 3. The maximum absolute atomic E-state index is 13.8. The molecule has 4 unspecified atom stereocenters. The fourth-order valence-electron chi connectivity index (χ4n) is 6.73. The SMILES string of the molecule is CC(C)Cc1cc(-c2oc3cc(O)c4c(c3c(=O)c2O)OC2C(CCC(O)C2CO)C4)cc(Cc2cccc(O)c2)c1O. The van der Waals surface area contributed by atoms with Crippen molar-refractivity contribution in [3.63, 3.8) is 0 Å². The molecule has 0 bridgehead atoms. The first-order valence-electron chi connectivity index (χ1n) is 14.7. The lowest BCUT2D eigenvalue weighted by molar-refractivity contribution is -0.0705. The molecule has 6 rings (SSSR count). The predicted molar refractivity (Wildman–Crippen MR) is 160 cm³/mol. The lowest BCUT2D eigenvalue weighted by Gasteiger charge is -2.43. The molecule has 0 saturated heterocycles. The highest BCUT2D eigenvalue weighted by Gasteiger charge is 2.44. The van der Waals surface area contributed by atoms with Crippen LogP contribution in [0.5, 0.6) is 28.7 Å². The van der Waals surface area contributed by atoms with Crippen molar-refractivity contribution in [2.75, 3.05) is 6.61 Å². The van der Waals surface area contributed by atoms with E-state index in [0.717, 1.165) is 5.56 Å². The Morgan fingerprint density at radius 1 is 0.977 bits per heavy atom. The smallest absolute Gasteiger partial charge is 0.238 e. The van der Waals surface area contributed by atoms with E-state index in [4.69, 9.17) is 9.15 Å². The monoisotopic (exact) mass is 588 g/mol. The summed E-state index contributed by atoms with van der Waals surface area (Å²) >= 11 is 0. The second kappa shape index (κ2) is 11.1. The van der Waals surface area contributed by atoms with Crippen LogP contribution >= 0.6 is 0 Å². The second-order valence-corrected chi connectivity index (χ2v) is 12.3. The molecule has 3 aromatic carbocycles. The molecule has 4 aromatic rings. The summed E-state index contributed by atoms with van der Waals surface area (Å²) < 4.78 is 12.4. The summed E-state index contributed by atoms with van der Waals surface area (Å²) in [7, 11) is 0. The highest BCUT2D eigenvalue weighted by molar-refractivity contribution is 5.90. The fraction of sp³-hybridized carbons (Fsp3) is 0.382. The average Bonchev–Trinajstić information content (AvgIpc) is 2.96. The van der Waals surface area contributed by atoms with Gasteiger partial charge in [-0.15, -0.1) is 0 Å². The van der Waals surface area contributed by atoms with Gasteiger partial charge in [-0.1, -0.05) is 26.0 Å². The Morgan fingerprint density at radius 3 is 2.47 bits per heavy atom. The predicted octanol–water partition coefficient (Wildman–Crippen LogP) is 4.75. The standard InChI is InChI=1S/C34H36O9/c1-16(2)8-19-11-21(12-20(29(19)39)9-17-4-3-5-22(36)10-17)33-31(41)30(40)28-27(42-33)14-26(38)23-13-18-6-7-25(37)24(15-35)32(18)43-34(23)28/h3-5,10-12,14,16,18,24-25,32,35-39,41H,6-9,13,15H2,1-2H3. The normalized spacial score (nSPS) is 21.4. The van der Waals surface area contributed by atoms with Crippen LogP contribution in [-0.4, -0.2) is 49.5 Å². The van der Waals surface area contributed by atoms with Crippen LogP contribution in [0.2, 0.25) is 0 Å². The lowest BCUT2D eigenvalue weighted by Crippen LogP contribution is -2.49. The summed E-state index contributed by atoms with van der Waals surface area (Å²) in [6, 6.07) is 11.4. The largest absolute Gasteiger partial charge is 0.508 e. The Hall–Kier alpha value is -4.21. The van der Waals surface area contributed by atoms with Gasteiger partial charge >= 0.3 is 0 Å². The molecule has 0 amide bonds. The van der Waals surface area contributed by atoms with Gasteiger partial charge in [0, 0.05) is 35.4 Å². The Balaban J connectivity index is 1.50. The number of phenolic OH excluding ortho intramolecular Hbond substituents is 3. The van der Waals surface area contributed by atoms with Crippen molar-refractivity contribution in [2.24, 2.45) is 17.8 Å². The zero-order valence-corrected chi connectivity index (χ0v) is 24.1. The number of ether oxygens (including phenoxy) is 1. The van der Waals surface area contributed by atoms with Gasteiger partial charge in [-0.05, 0) is 72.6 Å². The van der Waals surface area contributed by atoms with E-state index < -0.39 is 29.3 Å². The van der Waals surface area contributed by atoms with Gasteiger partial charge in [-0.25, -0.2) is 0 Å². The Labute approximate surface area is 248 Å². The van der Waals surface area contributed by atoms with Crippen molar-refractivity contribution in [3.8, 4) is 40.1 Å². The van der Waals surface area contributed by atoms with Crippen LogP contribution in [0.15, 0.2) is 51.7 Å². The van der Waals surface area contributed by atoms with E-state index in [1.165, 1.54) is 6.07 Å². The quantitative estimate of drug-likeness (QED) is 0.187. The molecule has 1 aromatic heterocycles. The second-order valence-electron chi connectivity index (χ2n) is 12.3. The third kappa shape index (κ3) is 5.17. The molecule has 1 fully saturated rings. The molecule has 2 aliphatic rings. The van der Waals surface area contributed by atoms with Crippen LogP contribution in [0.25, 0.3) is 22.3 Å².